The van der Waals surface area contributed by atoms with Crippen LogP contribution in [-0.2, 0) is 16.0 Å². The normalized spacial score (nSPS) is 20.8. The minimum atomic E-state index is -0.905. The minimum absolute atomic E-state index is 0.0484. The number of aryl methyl sites for hydroxylation is 1. The van der Waals surface area contributed by atoms with E-state index >= 15 is 0 Å². The molecule has 2 aliphatic rings. The Balaban J connectivity index is 1.13. The average Bonchev–Trinajstić information content (AvgIpc) is 3.70. The summed E-state index contributed by atoms with van der Waals surface area (Å²) in [5, 5.41) is 22.4. The summed E-state index contributed by atoms with van der Waals surface area (Å²) in [5.41, 5.74) is 10.7. The van der Waals surface area contributed by atoms with Gasteiger partial charge in [-0.05, 0) is 143 Å². The molecule has 6 rings (SSSR count). The van der Waals surface area contributed by atoms with Gasteiger partial charge in [0.1, 0.15) is 11.9 Å². The summed E-state index contributed by atoms with van der Waals surface area (Å²) < 4.78 is 14.9. The number of rotatable bonds is 12. The lowest BCUT2D eigenvalue weighted by atomic mass is 9.81. The number of nitrogens with two attached hydrogens (primary N) is 1. The molecule has 6 N–H and O–H groups in total. The highest BCUT2D eigenvalue weighted by atomic mass is 19.1. The second-order valence-corrected chi connectivity index (χ2v) is 14.8. The Bertz CT molecular complexity index is 1870. The predicted molar refractivity (Wildman–Crippen MR) is 202 cm³/mol. The van der Waals surface area contributed by atoms with Gasteiger partial charge < -0.3 is 26.6 Å². The van der Waals surface area contributed by atoms with Crippen molar-refractivity contribution in [2.45, 2.75) is 82.8 Å². The molecule has 3 amide bonds. The first-order valence-electron chi connectivity index (χ1n) is 18.6. The number of halogens is 1. The van der Waals surface area contributed by atoms with E-state index in [1.807, 2.05) is 49.4 Å². The number of H-pyrrole nitrogens is 1. The van der Waals surface area contributed by atoms with Gasteiger partial charge in [0.05, 0.1) is 5.56 Å². The van der Waals surface area contributed by atoms with Gasteiger partial charge in [-0.3, -0.25) is 14.4 Å². The van der Waals surface area contributed by atoms with E-state index in [0.717, 1.165) is 73.6 Å². The lowest BCUT2D eigenvalue weighted by Gasteiger charge is -2.33. The van der Waals surface area contributed by atoms with Crippen LogP contribution in [0.15, 0.2) is 60.7 Å². The topological polar surface area (TPSA) is 171 Å². The van der Waals surface area contributed by atoms with Crippen LogP contribution in [0.4, 0.5) is 10.1 Å². The summed E-state index contributed by atoms with van der Waals surface area (Å²) in [7, 11) is 4.22. The zero-order valence-electron chi connectivity index (χ0n) is 30.7. The molecule has 1 heterocycles. The van der Waals surface area contributed by atoms with Gasteiger partial charge in [0.2, 0.25) is 17.6 Å². The van der Waals surface area contributed by atoms with Crippen molar-refractivity contribution in [1.29, 1.82) is 0 Å². The lowest BCUT2D eigenvalue weighted by molar-refractivity contribution is -0.130. The molecule has 0 bridgehead atoms. The van der Waals surface area contributed by atoms with Crippen molar-refractivity contribution < 1.29 is 18.8 Å². The number of aromatic nitrogens is 4. The largest absolute Gasteiger partial charge is 0.349 e. The van der Waals surface area contributed by atoms with Crippen LogP contribution in [0.25, 0.3) is 22.5 Å². The molecule has 3 aromatic carbocycles. The van der Waals surface area contributed by atoms with Crippen molar-refractivity contribution in [2.24, 2.45) is 17.6 Å². The minimum Gasteiger partial charge on any atom is -0.349 e. The van der Waals surface area contributed by atoms with Crippen molar-refractivity contribution in [1.82, 2.24) is 36.2 Å². The Morgan fingerprint density at radius 2 is 1.64 bits per heavy atom. The molecule has 1 aromatic heterocycles. The Morgan fingerprint density at radius 3 is 2.26 bits per heavy atom. The maximum absolute atomic E-state index is 14.9. The molecule has 0 aliphatic heterocycles. The highest BCUT2D eigenvalue weighted by Gasteiger charge is 2.30. The van der Waals surface area contributed by atoms with Gasteiger partial charge in [-0.15, -0.1) is 10.2 Å². The van der Waals surface area contributed by atoms with Crippen molar-refractivity contribution in [3.05, 3.63) is 83.2 Å². The standard InChI is InChI=1S/C40H50FN9O3/c1-24-20-29(39(52)43-30-13-16-32(17-14-30)50(2)3)12-18-33(24)27-8-4-25(5-9-27)21-36(45-38(51)28-10-6-26(23-42)7-11-28)40(53)44-31-15-19-34(35(41)22-31)37-46-48-49-47-37/h4-5,8-9,12,15,18-20,22,26,28,30,32,36H,6-7,10-11,13-14,16-17,21,23,42H2,1-3H3,(H,43,52)(H,44,53)(H,45,51)(H,46,47,48,49)/t26?,28?,30?,32?,36-/m0/s1. The molecular weight excluding hydrogens is 673 g/mol. The van der Waals surface area contributed by atoms with E-state index in [-0.39, 0.29) is 47.3 Å². The molecule has 2 saturated carbocycles. The van der Waals surface area contributed by atoms with Crippen LogP contribution in [0.2, 0.25) is 0 Å². The third-order valence-electron chi connectivity index (χ3n) is 11.0. The maximum atomic E-state index is 14.9. The maximum Gasteiger partial charge on any atom is 0.251 e. The number of nitrogens with zero attached hydrogens (tertiary/aromatic N) is 4. The Labute approximate surface area is 309 Å². The van der Waals surface area contributed by atoms with Crippen LogP contribution in [0.3, 0.4) is 0 Å². The molecule has 4 aromatic rings. The summed E-state index contributed by atoms with van der Waals surface area (Å²) in [6.45, 7) is 2.60. The van der Waals surface area contributed by atoms with Crippen molar-refractivity contribution in [2.75, 3.05) is 26.0 Å². The Hall–Kier alpha value is -5.01. The summed E-state index contributed by atoms with van der Waals surface area (Å²) in [4.78, 5) is 42.5. The van der Waals surface area contributed by atoms with E-state index in [1.165, 1.54) is 12.1 Å². The first kappa shape index (κ1) is 37.7. The molecule has 53 heavy (non-hydrogen) atoms. The van der Waals surface area contributed by atoms with E-state index in [4.69, 9.17) is 5.73 Å². The highest BCUT2D eigenvalue weighted by molar-refractivity contribution is 5.98. The number of carbonyl (C=O) groups excluding carboxylic acids is 3. The average molecular weight is 724 g/mol. The molecule has 0 unspecified atom stereocenters. The molecule has 1 atom stereocenters. The molecule has 2 aliphatic carbocycles. The molecular formula is C40H50FN9O3. The summed E-state index contributed by atoms with van der Waals surface area (Å²) in [6, 6.07) is 17.7. The summed E-state index contributed by atoms with van der Waals surface area (Å²) in [5.74, 6) is -0.984. The molecule has 280 valence electrons. The monoisotopic (exact) mass is 723 g/mol. The number of aromatic amines is 1. The quantitative estimate of drug-likeness (QED) is 0.136. The van der Waals surface area contributed by atoms with Crippen molar-refractivity contribution in [3.63, 3.8) is 0 Å². The fourth-order valence-electron chi connectivity index (χ4n) is 7.63. The smallest absolute Gasteiger partial charge is 0.251 e. The van der Waals surface area contributed by atoms with Crippen LogP contribution in [0.5, 0.6) is 0 Å². The fraction of sp³-hybridized carbons (Fsp3) is 0.450. The highest BCUT2D eigenvalue weighted by Crippen LogP contribution is 2.30. The van der Waals surface area contributed by atoms with Crippen LogP contribution < -0.4 is 21.7 Å². The summed E-state index contributed by atoms with van der Waals surface area (Å²) in [6.07, 6.45) is 7.54. The number of hydrogen-bond donors (Lipinski definition) is 5. The van der Waals surface area contributed by atoms with Crippen LogP contribution in [0, 0.1) is 24.6 Å². The van der Waals surface area contributed by atoms with Gasteiger partial charge in [-0.2, -0.15) is 5.21 Å². The zero-order chi connectivity index (χ0) is 37.5. The summed E-state index contributed by atoms with van der Waals surface area (Å²) >= 11 is 0. The van der Waals surface area contributed by atoms with Crippen molar-refractivity contribution >= 4 is 23.4 Å². The van der Waals surface area contributed by atoms with Gasteiger partial charge in [0.15, 0.2) is 0 Å². The van der Waals surface area contributed by atoms with E-state index in [1.54, 1.807) is 6.07 Å². The second kappa shape index (κ2) is 17.2. The van der Waals surface area contributed by atoms with Crippen molar-refractivity contribution in [3.8, 4) is 22.5 Å². The van der Waals surface area contributed by atoms with Crippen LogP contribution in [-0.4, -0.2) is 82.0 Å². The van der Waals surface area contributed by atoms with Gasteiger partial charge in [-0.1, -0.05) is 30.3 Å². The van der Waals surface area contributed by atoms with E-state index in [2.05, 4.69) is 55.6 Å². The number of benzene rings is 3. The third kappa shape index (κ3) is 9.51. The van der Waals surface area contributed by atoms with Gasteiger partial charge in [0.25, 0.3) is 5.91 Å². The first-order chi connectivity index (χ1) is 25.6. The predicted octanol–water partition coefficient (Wildman–Crippen LogP) is 5.01. The number of hydrogen-bond acceptors (Lipinski definition) is 8. The Morgan fingerprint density at radius 1 is 0.925 bits per heavy atom. The van der Waals surface area contributed by atoms with E-state index in [9.17, 15) is 18.8 Å². The molecule has 2 fully saturated rings. The van der Waals surface area contributed by atoms with Gasteiger partial charge in [0, 0.05) is 35.7 Å². The van der Waals surface area contributed by atoms with E-state index in [0.29, 0.717) is 24.1 Å². The fourth-order valence-corrected chi connectivity index (χ4v) is 7.63. The number of amides is 3. The van der Waals surface area contributed by atoms with Gasteiger partial charge >= 0.3 is 0 Å². The number of tetrazole rings is 1. The molecule has 0 radical (unpaired) electrons. The molecule has 13 heteroatoms. The third-order valence-corrected chi connectivity index (χ3v) is 11.0. The number of carbonyl (C=O) groups is 3. The van der Waals surface area contributed by atoms with E-state index < -0.39 is 17.8 Å². The molecule has 0 spiro atoms. The second-order valence-electron chi connectivity index (χ2n) is 14.8. The molecule has 12 nitrogen and oxygen atoms in total. The lowest BCUT2D eigenvalue weighted by Crippen LogP contribution is -2.48. The molecule has 0 saturated heterocycles. The number of nitrogens with one attached hydrogen (secondary N) is 4. The van der Waals surface area contributed by atoms with Crippen LogP contribution >= 0.6 is 0 Å². The number of anilines is 1. The Kier molecular flexibility index (Phi) is 12.3. The first-order valence-corrected chi connectivity index (χ1v) is 18.6. The SMILES string of the molecule is Cc1cc(C(=O)NC2CCC(N(C)C)CC2)ccc1-c1ccc(C[C@H](NC(=O)C2CCC(CN)CC2)C(=O)Nc2ccc(-c3nn[nH]n3)c(F)c2)cc1. The van der Waals surface area contributed by atoms with Gasteiger partial charge in [-0.25, -0.2) is 4.39 Å². The zero-order valence-corrected chi connectivity index (χ0v) is 30.7. The van der Waals surface area contributed by atoms with Crippen LogP contribution in [0.1, 0.15) is 72.9 Å².